The van der Waals surface area contributed by atoms with Gasteiger partial charge in [-0.25, -0.2) is 8.42 Å². The minimum absolute atomic E-state index is 0.0540. The average molecular weight is 505 g/mol. The van der Waals surface area contributed by atoms with Crippen LogP contribution in [-0.2, 0) is 19.6 Å². The van der Waals surface area contributed by atoms with Crippen molar-refractivity contribution in [2.24, 2.45) is 11.8 Å². The van der Waals surface area contributed by atoms with Gasteiger partial charge in [-0.15, -0.1) is 0 Å². The van der Waals surface area contributed by atoms with Crippen LogP contribution in [0.25, 0.3) is 10.8 Å². The van der Waals surface area contributed by atoms with E-state index in [4.69, 9.17) is 11.6 Å². The van der Waals surface area contributed by atoms with Crippen molar-refractivity contribution in [2.45, 2.75) is 36.7 Å². The quantitative estimate of drug-likeness (QED) is 0.647. The molecule has 3 heterocycles. The van der Waals surface area contributed by atoms with Gasteiger partial charge < -0.3 is 15.1 Å². The Morgan fingerprint density at radius 2 is 1.79 bits per heavy atom. The van der Waals surface area contributed by atoms with Gasteiger partial charge >= 0.3 is 0 Å². The smallest absolute Gasteiger partial charge is 0.245 e. The zero-order valence-electron chi connectivity index (χ0n) is 19.0. The summed E-state index contributed by atoms with van der Waals surface area (Å²) in [6, 6.07) is 8.51. The SMILES string of the molecule is C[C@@H](C(=O)N1CC2CNCC(C2)C1)N1CCC(NS(=O)(=O)c2ccc3cc(Cl)ccc3c2)C1=O. The van der Waals surface area contributed by atoms with Gasteiger partial charge in [-0.2, -0.15) is 4.72 Å². The molecule has 0 saturated carbocycles. The molecule has 0 spiro atoms. The highest BCUT2D eigenvalue weighted by atomic mass is 35.5. The molecule has 3 unspecified atom stereocenters. The highest BCUT2D eigenvalue weighted by molar-refractivity contribution is 7.89. The van der Waals surface area contributed by atoms with E-state index < -0.39 is 22.1 Å². The molecule has 182 valence electrons. The van der Waals surface area contributed by atoms with Gasteiger partial charge in [0.25, 0.3) is 0 Å². The number of likely N-dealkylation sites (tertiary alicyclic amines) is 2. The number of halogens is 1. The standard InChI is InChI=1S/C24H29ClN4O4S/c1-15(23(30)28-13-16-8-17(14-28)12-26-11-16)29-7-6-22(24(29)31)27-34(32,33)21-5-3-18-9-20(25)4-2-19(18)10-21/h2-5,9-10,15-17,22,26-27H,6-8,11-14H2,1H3/t15-,16?,17?,22?/m0/s1. The topological polar surface area (TPSA) is 98.8 Å². The number of rotatable bonds is 5. The molecule has 2 bridgehead atoms. The van der Waals surface area contributed by atoms with Crippen molar-refractivity contribution >= 4 is 44.2 Å². The fourth-order valence-corrected chi connectivity index (χ4v) is 6.94. The van der Waals surface area contributed by atoms with Crippen LogP contribution < -0.4 is 10.0 Å². The Hall–Kier alpha value is -2.20. The van der Waals surface area contributed by atoms with Crippen molar-refractivity contribution in [3.8, 4) is 0 Å². The van der Waals surface area contributed by atoms with E-state index in [0.717, 1.165) is 30.3 Å². The Bertz CT molecular complexity index is 1220. The van der Waals surface area contributed by atoms with Crippen LogP contribution in [0.15, 0.2) is 41.3 Å². The minimum atomic E-state index is -3.91. The molecular formula is C24H29ClN4O4S. The maximum Gasteiger partial charge on any atom is 0.245 e. The van der Waals surface area contributed by atoms with Gasteiger partial charge in [0.05, 0.1) is 4.90 Å². The highest BCUT2D eigenvalue weighted by Gasteiger charge is 2.41. The highest BCUT2D eigenvalue weighted by Crippen LogP contribution is 2.27. The lowest BCUT2D eigenvalue weighted by atomic mass is 9.85. The van der Waals surface area contributed by atoms with Crippen LogP contribution in [0.4, 0.5) is 0 Å². The van der Waals surface area contributed by atoms with Crippen molar-refractivity contribution < 1.29 is 18.0 Å². The van der Waals surface area contributed by atoms with Crippen LogP contribution in [-0.4, -0.2) is 74.8 Å². The lowest BCUT2D eigenvalue weighted by molar-refractivity contribution is -0.145. The fraction of sp³-hybridized carbons (Fsp3) is 0.500. The fourth-order valence-electron chi connectivity index (χ4n) is 5.50. The number of nitrogens with one attached hydrogen (secondary N) is 2. The molecule has 2 aromatic carbocycles. The second-order valence-electron chi connectivity index (χ2n) is 9.69. The molecule has 3 aliphatic heterocycles. The molecule has 8 nitrogen and oxygen atoms in total. The van der Waals surface area contributed by atoms with Crippen LogP contribution in [0.3, 0.4) is 0 Å². The summed E-state index contributed by atoms with van der Waals surface area (Å²) in [5, 5.41) is 5.57. The van der Waals surface area contributed by atoms with Gasteiger partial charge in [-0.1, -0.05) is 23.7 Å². The second kappa shape index (κ2) is 9.11. The summed E-state index contributed by atoms with van der Waals surface area (Å²) in [5.74, 6) is 0.503. The van der Waals surface area contributed by atoms with E-state index in [1.807, 2.05) is 4.90 Å². The molecule has 0 aromatic heterocycles. The molecule has 3 saturated heterocycles. The molecule has 10 heteroatoms. The molecule has 0 aliphatic carbocycles. The van der Waals surface area contributed by atoms with Crippen LogP contribution in [0.2, 0.25) is 5.02 Å². The number of benzene rings is 2. The van der Waals surface area contributed by atoms with Gasteiger partial charge in [-0.3, -0.25) is 9.59 Å². The molecule has 2 N–H and O–H groups in total. The first-order valence-electron chi connectivity index (χ1n) is 11.7. The van der Waals surface area contributed by atoms with Gasteiger partial charge in [0.15, 0.2) is 0 Å². The van der Waals surface area contributed by atoms with Crippen LogP contribution in [0.1, 0.15) is 19.8 Å². The van der Waals surface area contributed by atoms with Crippen molar-refractivity contribution in [3.05, 3.63) is 41.4 Å². The summed E-state index contributed by atoms with van der Waals surface area (Å²) in [6.45, 7) is 5.34. The van der Waals surface area contributed by atoms with E-state index in [1.165, 1.54) is 11.0 Å². The maximum absolute atomic E-state index is 13.2. The number of amides is 2. The first-order valence-corrected chi connectivity index (χ1v) is 13.6. The summed E-state index contributed by atoms with van der Waals surface area (Å²) in [4.78, 5) is 29.8. The van der Waals surface area contributed by atoms with E-state index in [0.29, 0.717) is 42.9 Å². The van der Waals surface area contributed by atoms with Crippen molar-refractivity contribution in [3.63, 3.8) is 0 Å². The average Bonchev–Trinajstić information content (AvgIpc) is 3.16. The summed E-state index contributed by atoms with van der Waals surface area (Å²) in [5.41, 5.74) is 0. The third-order valence-electron chi connectivity index (χ3n) is 7.25. The largest absolute Gasteiger partial charge is 0.340 e. The van der Waals surface area contributed by atoms with Gasteiger partial charge in [-0.05, 0) is 79.7 Å². The van der Waals surface area contributed by atoms with Crippen molar-refractivity contribution in [2.75, 3.05) is 32.7 Å². The molecule has 4 atom stereocenters. The number of piperidine rings is 2. The number of sulfonamides is 1. The molecule has 3 fully saturated rings. The van der Waals surface area contributed by atoms with Crippen LogP contribution in [0.5, 0.6) is 0 Å². The first kappa shape index (κ1) is 23.5. The first-order chi connectivity index (χ1) is 16.2. The third-order valence-corrected chi connectivity index (χ3v) is 8.95. The Morgan fingerprint density at radius 3 is 2.53 bits per heavy atom. The number of nitrogens with zero attached hydrogens (tertiary/aromatic N) is 2. The molecule has 2 amide bonds. The number of hydrogen-bond acceptors (Lipinski definition) is 5. The monoisotopic (exact) mass is 504 g/mol. The lowest BCUT2D eigenvalue weighted by Gasteiger charge is -2.43. The molecular weight excluding hydrogens is 476 g/mol. The number of fused-ring (bicyclic) bond motifs is 3. The summed E-state index contributed by atoms with van der Waals surface area (Å²) < 4.78 is 28.6. The molecule has 5 rings (SSSR count). The third kappa shape index (κ3) is 4.54. The molecule has 34 heavy (non-hydrogen) atoms. The van der Waals surface area contributed by atoms with Gasteiger partial charge in [0.2, 0.25) is 21.8 Å². The summed E-state index contributed by atoms with van der Waals surface area (Å²) in [7, 11) is -3.91. The molecule has 3 aliphatic rings. The van der Waals surface area contributed by atoms with Crippen molar-refractivity contribution in [1.82, 2.24) is 19.8 Å². The van der Waals surface area contributed by atoms with Crippen LogP contribution in [0, 0.1) is 11.8 Å². The number of hydrogen-bond donors (Lipinski definition) is 2. The van der Waals surface area contributed by atoms with Gasteiger partial charge in [0, 0.05) is 24.7 Å². The van der Waals surface area contributed by atoms with E-state index in [9.17, 15) is 18.0 Å². The van der Waals surface area contributed by atoms with E-state index in [1.54, 1.807) is 37.3 Å². The number of carbonyl (C=O) groups excluding carboxylic acids is 2. The maximum atomic E-state index is 13.2. The van der Waals surface area contributed by atoms with E-state index in [-0.39, 0.29) is 16.7 Å². The zero-order chi connectivity index (χ0) is 24.0. The summed E-state index contributed by atoms with van der Waals surface area (Å²) in [6.07, 6.45) is 1.47. The summed E-state index contributed by atoms with van der Waals surface area (Å²) >= 11 is 6.01. The predicted molar refractivity (Wildman–Crippen MR) is 130 cm³/mol. The van der Waals surface area contributed by atoms with Gasteiger partial charge in [0.1, 0.15) is 12.1 Å². The Kier molecular flexibility index (Phi) is 6.31. The van der Waals surface area contributed by atoms with E-state index >= 15 is 0 Å². The van der Waals surface area contributed by atoms with Crippen molar-refractivity contribution in [1.29, 1.82) is 0 Å². The lowest BCUT2D eigenvalue weighted by Crippen LogP contribution is -2.57. The number of carbonyl (C=O) groups is 2. The Labute approximate surface area is 204 Å². The molecule has 0 radical (unpaired) electrons. The second-order valence-corrected chi connectivity index (χ2v) is 11.8. The minimum Gasteiger partial charge on any atom is -0.340 e. The Morgan fingerprint density at radius 1 is 1.12 bits per heavy atom. The zero-order valence-corrected chi connectivity index (χ0v) is 20.6. The van der Waals surface area contributed by atoms with E-state index in [2.05, 4.69) is 10.0 Å². The normalized spacial score (nSPS) is 26.2. The predicted octanol–water partition coefficient (Wildman–Crippen LogP) is 1.83. The molecule has 2 aromatic rings. The Balaban J connectivity index is 1.26. The van der Waals surface area contributed by atoms with Crippen LogP contribution >= 0.6 is 11.6 Å².